The maximum atomic E-state index is 12.2. The maximum absolute atomic E-state index is 12.2. The lowest BCUT2D eigenvalue weighted by Gasteiger charge is -2.13. The van der Waals surface area contributed by atoms with E-state index in [9.17, 15) is 4.79 Å². The third kappa shape index (κ3) is 2.76. The first-order valence-electron chi connectivity index (χ1n) is 8.08. The van der Waals surface area contributed by atoms with Crippen molar-refractivity contribution in [2.75, 3.05) is 6.61 Å². The number of carbonyl (C=O) groups excluding carboxylic acids is 1. The molecule has 0 spiro atoms. The summed E-state index contributed by atoms with van der Waals surface area (Å²) in [5, 5.41) is 2.95. The molecule has 3 aromatic rings. The SMILES string of the molecule is O=C(NCc1cccnc1-n1cnc2ccccc21)C1CCCO1. The van der Waals surface area contributed by atoms with Gasteiger partial charge in [-0.25, -0.2) is 9.97 Å². The first kappa shape index (κ1) is 14.8. The fourth-order valence-corrected chi connectivity index (χ4v) is 2.99. The van der Waals surface area contributed by atoms with E-state index in [1.165, 1.54) is 0 Å². The molecule has 122 valence electrons. The number of carbonyl (C=O) groups is 1. The van der Waals surface area contributed by atoms with E-state index in [2.05, 4.69) is 15.3 Å². The molecular weight excluding hydrogens is 304 g/mol. The molecule has 1 atom stereocenters. The number of hydrogen-bond acceptors (Lipinski definition) is 4. The fraction of sp³-hybridized carbons (Fsp3) is 0.278. The van der Waals surface area contributed by atoms with Crippen LogP contribution in [-0.4, -0.2) is 33.2 Å². The van der Waals surface area contributed by atoms with Crippen molar-refractivity contribution in [3.05, 3.63) is 54.5 Å². The third-order valence-electron chi connectivity index (χ3n) is 4.22. The van der Waals surface area contributed by atoms with Gasteiger partial charge < -0.3 is 10.1 Å². The smallest absolute Gasteiger partial charge is 0.249 e. The Bertz CT molecular complexity index is 868. The molecule has 6 nitrogen and oxygen atoms in total. The van der Waals surface area contributed by atoms with E-state index in [4.69, 9.17) is 4.74 Å². The Labute approximate surface area is 139 Å². The second-order valence-electron chi connectivity index (χ2n) is 5.81. The van der Waals surface area contributed by atoms with Crippen LogP contribution >= 0.6 is 0 Å². The Hall–Kier alpha value is -2.73. The van der Waals surface area contributed by atoms with Crippen LogP contribution in [0.3, 0.4) is 0 Å². The number of nitrogens with zero attached hydrogens (tertiary/aromatic N) is 3. The van der Waals surface area contributed by atoms with Gasteiger partial charge >= 0.3 is 0 Å². The minimum atomic E-state index is -0.320. The van der Waals surface area contributed by atoms with Gasteiger partial charge in [-0.05, 0) is 31.0 Å². The third-order valence-corrected chi connectivity index (χ3v) is 4.22. The Balaban J connectivity index is 1.60. The molecule has 1 unspecified atom stereocenters. The molecule has 6 heteroatoms. The largest absolute Gasteiger partial charge is 0.368 e. The lowest BCUT2D eigenvalue weighted by Crippen LogP contribution is -2.33. The number of para-hydroxylation sites is 2. The number of fused-ring (bicyclic) bond motifs is 1. The summed E-state index contributed by atoms with van der Waals surface area (Å²) in [5.41, 5.74) is 2.84. The van der Waals surface area contributed by atoms with Crippen molar-refractivity contribution in [2.45, 2.75) is 25.5 Å². The molecule has 1 fully saturated rings. The molecule has 1 aromatic carbocycles. The molecule has 3 heterocycles. The molecule has 4 rings (SSSR count). The lowest BCUT2D eigenvalue weighted by molar-refractivity contribution is -0.130. The highest BCUT2D eigenvalue weighted by Gasteiger charge is 2.23. The summed E-state index contributed by atoms with van der Waals surface area (Å²) < 4.78 is 7.37. The van der Waals surface area contributed by atoms with Gasteiger partial charge in [-0.1, -0.05) is 18.2 Å². The van der Waals surface area contributed by atoms with Crippen molar-refractivity contribution in [1.82, 2.24) is 19.9 Å². The van der Waals surface area contributed by atoms with E-state index in [1.54, 1.807) is 12.5 Å². The van der Waals surface area contributed by atoms with Gasteiger partial charge in [-0.15, -0.1) is 0 Å². The zero-order chi connectivity index (χ0) is 16.4. The van der Waals surface area contributed by atoms with Crippen molar-refractivity contribution >= 4 is 16.9 Å². The average Bonchev–Trinajstić information content (AvgIpc) is 3.30. The van der Waals surface area contributed by atoms with Crippen LogP contribution in [0, 0.1) is 0 Å². The number of pyridine rings is 1. The highest BCUT2D eigenvalue weighted by atomic mass is 16.5. The summed E-state index contributed by atoms with van der Waals surface area (Å²) in [6, 6.07) is 11.7. The van der Waals surface area contributed by atoms with E-state index in [1.807, 2.05) is 41.0 Å². The predicted molar refractivity (Wildman–Crippen MR) is 89.7 cm³/mol. The molecule has 1 N–H and O–H groups in total. The van der Waals surface area contributed by atoms with Crippen LogP contribution < -0.4 is 5.32 Å². The number of imidazole rings is 1. The summed E-state index contributed by atoms with van der Waals surface area (Å²) >= 11 is 0. The van der Waals surface area contributed by atoms with Gasteiger partial charge in [0.05, 0.1) is 11.0 Å². The molecule has 0 radical (unpaired) electrons. The zero-order valence-corrected chi connectivity index (χ0v) is 13.2. The van der Waals surface area contributed by atoms with Gasteiger partial charge in [-0.3, -0.25) is 9.36 Å². The first-order valence-corrected chi connectivity index (χ1v) is 8.08. The van der Waals surface area contributed by atoms with Gasteiger partial charge in [0.1, 0.15) is 18.2 Å². The van der Waals surface area contributed by atoms with E-state index < -0.39 is 0 Å². The molecule has 24 heavy (non-hydrogen) atoms. The zero-order valence-electron chi connectivity index (χ0n) is 13.2. The quantitative estimate of drug-likeness (QED) is 0.799. The van der Waals surface area contributed by atoms with Crippen molar-refractivity contribution in [3.8, 4) is 5.82 Å². The minimum absolute atomic E-state index is 0.0576. The molecule has 1 amide bonds. The molecule has 0 saturated carbocycles. The number of hydrogen-bond donors (Lipinski definition) is 1. The standard InChI is InChI=1S/C18H18N4O2/c23-18(16-8-4-10-24-16)20-11-13-5-3-9-19-17(13)22-12-21-14-6-1-2-7-15(14)22/h1-3,5-7,9,12,16H,4,8,10-11H2,(H,20,23). The summed E-state index contributed by atoms with van der Waals surface area (Å²) in [6.45, 7) is 1.08. The highest BCUT2D eigenvalue weighted by Crippen LogP contribution is 2.19. The molecule has 0 bridgehead atoms. The molecule has 0 aliphatic carbocycles. The van der Waals surface area contributed by atoms with Crippen LogP contribution in [0.25, 0.3) is 16.9 Å². The second-order valence-corrected chi connectivity index (χ2v) is 5.81. The lowest BCUT2D eigenvalue weighted by atomic mass is 10.2. The highest BCUT2D eigenvalue weighted by molar-refractivity contribution is 5.81. The van der Waals surface area contributed by atoms with E-state index in [0.29, 0.717) is 13.2 Å². The van der Waals surface area contributed by atoms with Gasteiger partial charge in [0.15, 0.2) is 0 Å². The predicted octanol–water partition coefficient (Wildman–Crippen LogP) is 2.22. The number of rotatable bonds is 4. The molecule has 1 aliphatic rings. The monoisotopic (exact) mass is 322 g/mol. The van der Waals surface area contributed by atoms with E-state index >= 15 is 0 Å². The maximum Gasteiger partial charge on any atom is 0.249 e. The first-order chi connectivity index (χ1) is 11.8. The average molecular weight is 322 g/mol. The van der Waals surface area contributed by atoms with Crippen LogP contribution in [0.5, 0.6) is 0 Å². The van der Waals surface area contributed by atoms with Crippen LogP contribution in [0.4, 0.5) is 0 Å². The minimum Gasteiger partial charge on any atom is -0.368 e. The summed E-state index contributed by atoms with van der Waals surface area (Å²) in [6.07, 6.45) is 4.92. The normalized spacial score (nSPS) is 17.2. The number of nitrogens with one attached hydrogen (secondary N) is 1. The van der Waals surface area contributed by atoms with Crippen molar-refractivity contribution in [1.29, 1.82) is 0 Å². The van der Waals surface area contributed by atoms with Crippen molar-refractivity contribution in [2.24, 2.45) is 0 Å². The Morgan fingerprint density at radius 1 is 1.25 bits per heavy atom. The summed E-state index contributed by atoms with van der Waals surface area (Å²) in [5.74, 6) is 0.719. The topological polar surface area (TPSA) is 69.0 Å². The van der Waals surface area contributed by atoms with Crippen LogP contribution in [0.15, 0.2) is 48.9 Å². The van der Waals surface area contributed by atoms with Crippen molar-refractivity contribution in [3.63, 3.8) is 0 Å². The van der Waals surface area contributed by atoms with E-state index in [0.717, 1.165) is 35.3 Å². The number of aromatic nitrogens is 3. The van der Waals surface area contributed by atoms with Gasteiger partial charge in [0.25, 0.3) is 0 Å². The molecule has 2 aromatic heterocycles. The molecule has 1 saturated heterocycles. The van der Waals surface area contributed by atoms with Gasteiger partial charge in [0.2, 0.25) is 5.91 Å². The van der Waals surface area contributed by atoms with Gasteiger partial charge in [0, 0.05) is 24.9 Å². The van der Waals surface area contributed by atoms with E-state index in [-0.39, 0.29) is 12.0 Å². The van der Waals surface area contributed by atoms with Crippen LogP contribution in [0.1, 0.15) is 18.4 Å². The molecule has 1 aliphatic heterocycles. The van der Waals surface area contributed by atoms with Crippen molar-refractivity contribution < 1.29 is 9.53 Å². The number of amides is 1. The Kier molecular flexibility index (Phi) is 3.96. The summed E-state index contributed by atoms with van der Waals surface area (Å²) in [7, 11) is 0. The van der Waals surface area contributed by atoms with Crippen LogP contribution in [-0.2, 0) is 16.1 Å². The van der Waals surface area contributed by atoms with Gasteiger partial charge in [-0.2, -0.15) is 0 Å². The number of ether oxygens (including phenoxy) is 1. The molecular formula is C18H18N4O2. The van der Waals surface area contributed by atoms with Crippen LogP contribution in [0.2, 0.25) is 0 Å². The summed E-state index contributed by atoms with van der Waals surface area (Å²) in [4.78, 5) is 21.1. The Morgan fingerprint density at radius 3 is 3.04 bits per heavy atom. The number of benzene rings is 1. The fourth-order valence-electron chi connectivity index (χ4n) is 2.99. The second kappa shape index (κ2) is 6.41. The Morgan fingerprint density at radius 2 is 2.17 bits per heavy atom.